The van der Waals surface area contributed by atoms with Gasteiger partial charge >= 0.3 is 0 Å². The summed E-state index contributed by atoms with van der Waals surface area (Å²) in [5, 5.41) is 24.0. The third kappa shape index (κ3) is 3.95. The zero-order valence-electron chi connectivity index (χ0n) is 16.8. The van der Waals surface area contributed by atoms with Crippen LogP contribution in [0.5, 0.6) is 0 Å². The van der Waals surface area contributed by atoms with Crippen LogP contribution in [0.4, 0.5) is 0 Å². The monoisotopic (exact) mass is 404 g/mol. The Labute approximate surface area is 173 Å². The third-order valence-electron chi connectivity index (χ3n) is 5.16. The number of aliphatic hydroxyl groups excluding tert-OH is 1. The van der Waals surface area contributed by atoms with Crippen molar-refractivity contribution in [1.29, 1.82) is 0 Å². The van der Waals surface area contributed by atoms with Gasteiger partial charge in [0, 0.05) is 18.2 Å². The van der Waals surface area contributed by atoms with Crippen molar-refractivity contribution in [3.05, 3.63) is 76.2 Å². The molecule has 0 saturated carbocycles. The molecule has 0 amide bonds. The number of nitrogens with one attached hydrogen (secondary N) is 1. The molecule has 4 rings (SSSR count). The van der Waals surface area contributed by atoms with Gasteiger partial charge in [-0.2, -0.15) is 5.21 Å². The first kappa shape index (κ1) is 19.8. The molecule has 0 bridgehead atoms. The van der Waals surface area contributed by atoms with E-state index in [0.29, 0.717) is 24.6 Å². The minimum absolute atomic E-state index is 0.0711. The fourth-order valence-corrected chi connectivity index (χ4v) is 3.59. The molecular formula is C22H24N6O2. The van der Waals surface area contributed by atoms with Crippen LogP contribution in [0.2, 0.25) is 0 Å². The molecule has 30 heavy (non-hydrogen) atoms. The highest BCUT2D eigenvalue weighted by molar-refractivity contribution is 5.80. The lowest BCUT2D eigenvalue weighted by Gasteiger charge is -2.15. The van der Waals surface area contributed by atoms with Crippen LogP contribution in [0, 0.1) is 0 Å². The van der Waals surface area contributed by atoms with Gasteiger partial charge in [0.2, 0.25) is 5.82 Å². The SMILES string of the molecule is CCCCn1c(=O)cc(CO)n1Cc1ccc(-c2ccccc2-c2nn[nH]n2)cc1. The van der Waals surface area contributed by atoms with Crippen molar-refractivity contribution in [1.82, 2.24) is 30.0 Å². The molecular weight excluding hydrogens is 380 g/mol. The van der Waals surface area contributed by atoms with Gasteiger partial charge in [0.1, 0.15) is 0 Å². The Bertz CT molecular complexity index is 1160. The predicted molar refractivity (Wildman–Crippen MR) is 114 cm³/mol. The second kappa shape index (κ2) is 8.87. The average Bonchev–Trinajstić information content (AvgIpc) is 3.41. The van der Waals surface area contributed by atoms with Crippen molar-refractivity contribution in [2.24, 2.45) is 0 Å². The smallest absolute Gasteiger partial charge is 0.266 e. The molecule has 0 unspecified atom stereocenters. The Balaban J connectivity index is 1.63. The Morgan fingerprint density at radius 2 is 1.80 bits per heavy atom. The fourth-order valence-electron chi connectivity index (χ4n) is 3.59. The van der Waals surface area contributed by atoms with E-state index in [-0.39, 0.29) is 12.2 Å². The van der Waals surface area contributed by atoms with Crippen LogP contribution in [-0.2, 0) is 19.7 Å². The first-order valence-corrected chi connectivity index (χ1v) is 10.0. The van der Waals surface area contributed by atoms with Gasteiger partial charge in [-0.25, -0.2) is 0 Å². The van der Waals surface area contributed by atoms with E-state index in [2.05, 4.69) is 27.5 Å². The average molecular weight is 404 g/mol. The molecule has 0 saturated heterocycles. The zero-order chi connectivity index (χ0) is 20.9. The van der Waals surface area contributed by atoms with Crippen molar-refractivity contribution in [3.8, 4) is 22.5 Å². The molecule has 0 radical (unpaired) electrons. The molecule has 154 valence electrons. The Hall–Kier alpha value is -3.52. The molecule has 2 aromatic heterocycles. The molecule has 0 atom stereocenters. The van der Waals surface area contributed by atoms with Crippen LogP contribution in [-0.4, -0.2) is 35.1 Å². The van der Waals surface area contributed by atoms with Crippen LogP contribution in [0.1, 0.15) is 31.0 Å². The predicted octanol–water partition coefficient (Wildman–Crippen LogP) is 2.84. The molecule has 0 aliphatic rings. The molecule has 2 N–H and O–H groups in total. The highest BCUT2D eigenvalue weighted by Crippen LogP contribution is 2.29. The topological polar surface area (TPSA) is 102 Å². The van der Waals surface area contributed by atoms with Gasteiger partial charge in [-0.15, -0.1) is 10.2 Å². The number of benzene rings is 2. The highest BCUT2D eigenvalue weighted by atomic mass is 16.3. The molecule has 2 aromatic carbocycles. The number of tetrazole rings is 1. The van der Waals surface area contributed by atoms with Crippen molar-refractivity contribution >= 4 is 0 Å². The van der Waals surface area contributed by atoms with Crippen LogP contribution < -0.4 is 5.56 Å². The molecule has 0 aliphatic carbocycles. The summed E-state index contributed by atoms with van der Waals surface area (Å²) in [6, 6.07) is 17.6. The molecule has 8 heteroatoms. The van der Waals surface area contributed by atoms with E-state index >= 15 is 0 Å². The Kier molecular flexibility index (Phi) is 5.85. The normalized spacial score (nSPS) is 11.1. The van der Waals surface area contributed by atoms with Gasteiger partial charge in [-0.05, 0) is 28.3 Å². The first-order chi connectivity index (χ1) is 14.7. The summed E-state index contributed by atoms with van der Waals surface area (Å²) in [5.41, 5.74) is 4.56. The maximum atomic E-state index is 12.3. The second-order valence-electron chi connectivity index (χ2n) is 7.14. The van der Waals surface area contributed by atoms with E-state index in [1.165, 1.54) is 6.07 Å². The standard InChI is InChI=1S/C22H24N6O2/c1-2-3-12-27-21(30)13-18(15-29)28(27)14-16-8-10-17(11-9-16)19-6-4-5-7-20(19)22-23-25-26-24-22/h4-11,13,29H,2-3,12,14-15H2,1H3,(H,23,24,25,26). The van der Waals surface area contributed by atoms with E-state index in [0.717, 1.165) is 35.1 Å². The maximum absolute atomic E-state index is 12.3. The first-order valence-electron chi connectivity index (χ1n) is 10.0. The van der Waals surface area contributed by atoms with Crippen molar-refractivity contribution < 1.29 is 5.11 Å². The Morgan fingerprint density at radius 1 is 1.03 bits per heavy atom. The van der Waals surface area contributed by atoms with Gasteiger partial charge < -0.3 is 5.11 Å². The highest BCUT2D eigenvalue weighted by Gasteiger charge is 2.13. The van der Waals surface area contributed by atoms with Crippen molar-refractivity contribution in [3.63, 3.8) is 0 Å². The summed E-state index contributed by atoms with van der Waals surface area (Å²) in [5.74, 6) is 0.551. The van der Waals surface area contributed by atoms with Crippen LogP contribution in [0.15, 0.2) is 59.4 Å². The number of H-pyrrole nitrogens is 1. The number of aromatic nitrogens is 6. The lowest BCUT2D eigenvalue weighted by Crippen LogP contribution is -2.24. The largest absolute Gasteiger partial charge is 0.390 e. The summed E-state index contributed by atoms with van der Waals surface area (Å²) in [7, 11) is 0. The second-order valence-corrected chi connectivity index (χ2v) is 7.14. The lowest BCUT2D eigenvalue weighted by atomic mass is 9.98. The minimum atomic E-state index is -0.162. The van der Waals surface area contributed by atoms with Crippen LogP contribution >= 0.6 is 0 Å². The summed E-state index contributed by atoms with van der Waals surface area (Å²) >= 11 is 0. The van der Waals surface area contributed by atoms with E-state index in [9.17, 15) is 9.90 Å². The van der Waals surface area contributed by atoms with E-state index in [1.807, 2.05) is 53.2 Å². The van der Waals surface area contributed by atoms with Gasteiger partial charge in [0.25, 0.3) is 5.56 Å². The van der Waals surface area contributed by atoms with Crippen molar-refractivity contribution in [2.45, 2.75) is 39.5 Å². The number of unbranched alkanes of at least 4 members (excludes halogenated alkanes) is 1. The molecule has 0 spiro atoms. The molecule has 0 aliphatic heterocycles. The van der Waals surface area contributed by atoms with Gasteiger partial charge in [-0.1, -0.05) is 61.9 Å². The number of hydrogen-bond acceptors (Lipinski definition) is 5. The van der Waals surface area contributed by atoms with Gasteiger partial charge in [0.05, 0.1) is 18.8 Å². The van der Waals surface area contributed by atoms with Gasteiger partial charge in [0.15, 0.2) is 0 Å². The Morgan fingerprint density at radius 3 is 2.47 bits per heavy atom. The van der Waals surface area contributed by atoms with Crippen molar-refractivity contribution in [2.75, 3.05) is 0 Å². The number of aliphatic hydroxyl groups is 1. The number of rotatable bonds is 8. The zero-order valence-corrected chi connectivity index (χ0v) is 16.8. The van der Waals surface area contributed by atoms with E-state index in [4.69, 9.17) is 0 Å². The molecule has 2 heterocycles. The maximum Gasteiger partial charge on any atom is 0.266 e. The number of hydrogen-bond donors (Lipinski definition) is 2. The fraction of sp³-hybridized carbons (Fsp3) is 0.273. The quantitative estimate of drug-likeness (QED) is 0.470. The van der Waals surface area contributed by atoms with Gasteiger partial charge in [-0.3, -0.25) is 14.2 Å². The third-order valence-corrected chi connectivity index (χ3v) is 5.16. The van der Waals surface area contributed by atoms with Crippen LogP contribution in [0.3, 0.4) is 0 Å². The van der Waals surface area contributed by atoms with E-state index in [1.54, 1.807) is 4.68 Å². The summed E-state index contributed by atoms with van der Waals surface area (Å²) in [6.07, 6.45) is 1.92. The van der Waals surface area contributed by atoms with Crippen LogP contribution in [0.25, 0.3) is 22.5 Å². The molecule has 4 aromatic rings. The summed E-state index contributed by atoms with van der Waals surface area (Å²) in [4.78, 5) is 12.3. The number of aromatic amines is 1. The summed E-state index contributed by atoms with van der Waals surface area (Å²) < 4.78 is 3.59. The molecule has 0 fully saturated rings. The number of nitrogens with zero attached hydrogens (tertiary/aromatic N) is 5. The van der Waals surface area contributed by atoms with E-state index < -0.39 is 0 Å². The summed E-state index contributed by atoms with van der Waals surface area (Å²) in [6.45, 7) is 3.10. The lowest BCUT2D eigenvalue weighted by molar-refractivity contribution is 0.263. The minimum Gasteiger partial charge on any atom is -0.390 e. The molecule has 8 nitrogen and oxygen atoms in total.